The van der Waals surface area contributed by atoms with Gasteiger partial charge in [0.2, 0.25) is 5.91 Å². The lowest BCUT2D eigenvalue weighted by Crippen LogP contribution is -2.19. The minimum atomic E-state index is -0.262. The molecule has 1 amide bonds. The number of hydrogen-bond donors (Lipinski definition) is 1. The number of ether oxygens (including phenoxy) is 1. The molecule has 1 aliphatic heterocycles. The van der Waals surface area contributed by atoms with Crippen LogP contribution < -0.4 is 10.1 Å². The van der Waals surface area contributed by atoms with Crippen LogP contribution >= 0.6 is 11.8 Å². The van der Waals surface area contributed by atoms with Crippen molar-refractivity contribution in [2.75, 3.05) is 5.75 Å². The van der Waals surface area contributed by atoms with E-state index >= 15 is 0 Å². The second-order valence-corrected chi connectivity index (χ2v) is 5.93. The fourth-order valence-corrected chi connectivity index (χ4v) is 2.56. The minimum Gasteiger partial charge on any atom is -0.489 e. The first-order valence-electron chi connectivity index (χ1n) is 7.20. The lowest BCUT2D eigenvalue weighted by Gasteiger charge is -2.06. The average molecular weight is 343 g/mol. The lowest BCUT2D eigenvalue weighted by molar-refractivity contribution is -0.116. The van der Waals surface area contributed by atoms with Gasteiger partial charge in [-0.05, 0) is 47.5 Å². The number of nitrogens with one attached hydrogen (secondary N) is 1. The number of carbonyl (C=O) groups is 1. The molecule has 1 N–H and O–H groups in total. The van der Waals surface area contributed by atoms with E-state index in [-0.39, 0.29) is 11.7 Å². The zero-order valence-corrected chi connectivity index (χ0v) is 13.4. The molecule has 5 nitrogen and oxygen atoms in total. The van der Waals surface area contributed by atoms with E-state index in [9.17, 15) is 9.18 Å². The highest BCUT2D eigenvalue weighted by Crippen LogP contribution is 2.14. The molecule has 1 fully saturated rings. The second-order valence-electron chi connectivity index (χ2n) is 4.97. The summed E-state index contributed by atoms with van der Waals surface area (Å²) in [6.45, 7) is 0.373. The Bertz CT molecular complexity index is 773. The van der Waals surface area contributed by atoms with Gasteiger partial charge in [-0.25, -0.2) is 4.39 Å². The summed E-state index contributed by atoms with van der Waals surface area (Å²) in [7, 11) is 0. The van der Waals surface area contributed by atoms with Crippen LogP contribution in [0.3, 0.4) is 0 Å². The van der Waals surface area contributed by atoms with Gasteiger partial charge in [0.1, 0.15) is 18.2 Å². The molecule has 0 atom stereocenters. The number of amides is 1. The Kier molecular flexibility index (Phi) is 5.22. The van der Waals surface area contributed by atoms with Crippen molar-refractivity contribution in [1.29, 1.82) is 0 Å². The van der Waals surface area contributed by atoms with E-state index in [1.54, 1.807) is 18.3 Å². The number of amidine groups is 1. The SMILES string of the molecule is O=C1CSC(=N/N=C\c2ccc(OCc3ccc(F)cc3)cc2)N1. The highest BCUT2D eigenvalue weighted by atomic mass is 32.2. The summed E-state index contributed by atoms with van der Waals surface area (Å²) in [5, 5.41) is 11.0. The summed E-state index contributed by atoms with van der Waals surface area (Å²) in [6.07, 6.45) is 1.60. The van der Waals surface area contributed by atoms with E-state index in [4.69, 9.17) is 4.74 Å². The zero-order chi connectivity index (χ0) is 16.8. The van der Waals surface area contributed by atoms with Crippen LogP contribution in [0.15, 0.2) is 58.7 Å². The molecule has 0 bridgehead atoms. The predicted molar refractivity (Wildman–Crippen MR) is 92.8 cm³/mol. The first kappa shape index (κ1) is 16.2. The minimum absolute atomic E-state index is 0.0587. The molecule has 0 aliphatic carbocycles. The Balaban J connectivity index is 1.53. The number of hydrogen-bond acceptors (Lipinski definition) is 5. The highest BCUT2D eigenvalue weighted by molar-refractivity contribution is 8.15. The fraction of sp³-hybridized carbons (Fsp3) is 0.118. The summed E-state index contributed by atoms with van der Waals surface area (Å²) in [5.41, 5.74) is 1.76. The molecule has 1 aliphatic rings. The van der Waals surface area contributed by atoms with E-state index < -0.39 is 0 Å². The van der Waals surface area contributed by atoms with Gasteiger partial charge in [0.15, 0.2) is 5.17 Å². The first-order valence-corrected chi connectivity index (χ1v) is 8.18. The van der Waals surface area contributed by atoms with Gasteiger partial charge in [0.25, 0.3) is 0 Å². The van der Waals surface area contributed by atoms with Crippen LogP contribution in [0, 0.1) is 5.82 Å². The topological polar surface area (TPSA) is 63.0 Å². The van der Waals surface area contributed by atoms with Gasteiger partial charge in [-0.3, -0.25) is 4.79 Å². The standard InChI is InChI=1S/C17H14FN3O2S/c18-14-5-1-13(2-6-14)10-23-15-7-3-12(4-8-15)9-19-21-17-20-16(22)11-24-17/h1-9H,10-11H2,(H,20,21,22)/b19-9-. The summed E-state index contributed by atoms with van der Waals surface area (Å²) >= 11 is 1.33. The van der Waals surface area contributed by atoms with E-state index in [0.717, 1.165) is 11.1 Å². The number of thioether (sulfide) groups is 1. The van der Waals surface area contributed by atoms with Crippen molar-refractivity contribution < 1.29 is 13.9 Å². The van der Waals surface area contributed by atoms with Gasteiger partial charge < -0.3 is 10.1 Å². The van der Waals surface area contributed by atoms with Gasteiger partial charge >= 0.3 is 0 Å². The number of rotatable bonds is 5. The van der Waals surface area contributed by atoms with Crippen molar-refractivity contribution in [1.82, 2.24) is 5.32 Å². The third-order valence-electron chi connectivity index (χ3n) is 3.14. The molecule has 122 valence electrons. The maximum Gasteiger partial charge on any atom is 0.236 e. The largest absolute Gasteiger partial charge is 0.489 e. The van der Waals surface area contributed by atoms with E-state index in [2.05, 4.69) is 15.5 Å². The Morgan fingerprint density at radius 2 is 1.92 bits per heavy atom. The van der Waals surface area contributed by atoms with Crippen LogP contribution in [0.5, 0.6) is 5.75 Å². The molecule has 0 radical (unpaired) electrons. The smallest absolute Gasteiger partial charge is 0.236 e. The molecule has 0 unspecified atom stereocenters. The molecular formula is C17H14FN3O2S. The van der Waals surface area contributed by atoms with Gasteiger partial charge in [-0.2, -0.15) is 5.10 Å². The van der Waals surface area contributed by atoms with Crippen molar-refractivity contribution in [2.45, 2.75) is 6.61 Å². The number of halogens is 1. The number of carbonyl (C=O) groups excluding carboxylic acids is 1. The Morgan fingerprint density at radius 1 is 1.17 bits per heavy atom. The Morgan fingerprint density at radius 3 is 2.58 bits per heavy atom. The molecule has 0 saturated carbocycles. The van der Waals surface area contributed by atoms with Crippen LogP contribution in [0.4, 0.5) is 4.39 Å². The predicted octanol–water partition coefficient (Wildman–Crippen LogP) is 2.96. The molecule has 7 heteroatoms. The lowest BCUT2D eigenvalue weighted by atomic mass is 10.2. The number of nitrogens with zero attached hydrogens (tertiary/aromatic N) is 2. The van der Waals surface area contributed by atoms with Gasteiger partial charge in [0, 0.05) is 0 Å². The van der Waals surface area contributed by atoms with Gasteiger partial charge in [0.05, 0.1) is 12.0 Å². The molecule has 2 aromatic rings. The van der Waals surface area contributed by atoms with E-state index in [1.807, 2.05) is 24.3 Å². The average Bonchev–Trinajstić information content (AvgIpc) is 3.01. The van der Waals surface area contributed by atoms with Crippen molar-refractivity contribution in [3.63, 3.8) is 0 Å². The van der Waals surface area contributed by atoms with Crippen LogP contribution in [0.25, 0.3) is 0 Å². The van der Waals surface area contributed by atoms with E-state index in [0.29, 0.717) is 23.3 Å². The molecule has 1 saturated heterocycles. The van der Waals surface area contributed by atoms with Crippen molar-refractivity contribution >= 4 is 29.1 Å². The molecule has 0 spiro atoms. The van der Waals surface area contributed by atoms with Crippen LogP contribution in [-0.4, -0.2) is 23.0 Å². The van der Waals surface area contributed by atoms with Crippen LogP contribution in [0.2, 0.25) is 0 Å². The third-order valence-corrected chi connectivity index (χ3v) is 4.00. The molecule has 3 rings (SSSR count). The van der Waals surface area contributed by atoms with E-state index in [1.165, 1.54) is 23.9 Å². The van der Waals surface area contributed by atoms with Gasteiger partial charge in [-0.15, -0.1) is 5.10 Å². The van der Waals surface area contributed by atoms with Crippen molar-refractivity contribution in [2.24, 2.45) is 10.2 Å². The Labute approximate surface area is 142 Å². The number of benzene rings is 2. The van der Waals surface area contributed by atoms with Crippen LogP contribution in [0.1, 0.15) is 11.1 Å². The van der Waals surface area contributed by atoms with Crippen molar-refractivity contribution in [3.8, 4) is 5.75 Å². The monoisotopic (exact) mass is 343 g/mol. The fourth-order valence-electron chi connectivity index (χ4n) is 1.92. The summed E-state index contributed by atoms with van der Waals surface area (Å²) in [6, 6.07) is 13.5. The quantitative estimate of drug-likeness (QED) is 0.671. The maximum atomic E-state index is 12.8. The maximum absolute atomic E-state index is 12.8. The summed E-state index contributed by atoms with van der Waals surface area (Å²) < 4.78 is 18.5. The normalized spacial score (nSPS) is 15.9. The van der Waals surface area contributed by atoms with Crippen molar-refractivity contribution in [3.05, 3.63) is 65.5 Å². The molecular weight excluding hydrogens is 329 g/mol. The third kappa shape index (κ3) is 4.66. The molecule has 24 heavy (non-hydrogen) atoms. The molecule has 1 heterocycles. The Hall–Kier alpha value is -2.67. The summed E-state index contributed by atoms with van der Waals surface area (Å²) in [4.78, 5) is 11.0. The first-order chi connectivity index (χ1) is 11.7. The van der Waals surface area contributed by atoms with Crippen LogP contribution in [-0.2, 0) is 11.4 Å². The summed E-state index contributed by atoms with van der Waals surface area (Å²) in [5.74, 6) is 0.772. The van der Waals surface area contributed by atoms with Gasteiger partial charge in [-0.1, -0.05) is 23.9 Å². The highest BCUT2D eigenvalue weighted by Gasteiger charge is 2.15. The second kappa shape index (κ2) is 7.74. The zero-order valence-electron chi connectivity index (χ0n) is 12.6. The molecule has 0 aromatic heterocycles. The molecule has 2 aromatic carbocycles.